The lowest BCUT2D eigenvalue weighted by molar-refractivity contribution is -0.122. The first-order valence-electron chi connectivity index (χ1n) is 10.1. The van der Waals surface area contributed by atoms with Gasteiger partial charge in [0.15, 0.2) is 0 Å². The molecule has 1 aliphatic rings. The fourth-order valence-electron chi connectivity index (χ4n) is 3.28. The molecule has 0 unspecified atom stereocenters. The highest BCUT2D eigenvalue weighted by Gasteiger charge is 2.36. The van der Waals surface area contributed by atoms with Crippen molar-refractivity contribution in [3.8, 4) is 5.75 Å². The van der Waals surface area contributed by atoms with Crippen LogP contribution in [0, 0.1) is 0 Å². The summed E-state index contributed by atoms with van der Waals surface area (Å²) in [7, 11) is 0. The lowest BCUT2D eigenvalue weighted by Gasteiger charge is -2.26. The van der Waals surface area contributed by atoms with E-state index < -0.39 is 23.8 Å². The molecule has 4 amide bonds. The number of benzene rings is 3. The molecule has 0 atom stereocenters. The molecule has 1 heterocycles. The van der Waals surface area contributed by atoms with Gasteiger partial charge in [0.1, 0.15) is 17.9 Å². The monoisotopic (exact) mass is 510 g/mol. The van der Waals surface area contributed by atoms with Gasteiger partial charge >= 0.3 is 12.0 Å². The lowest BCUT2D eigenvalue weighted by Crippen LogP contribution is -2.54. The van der Waals surface area contributed by atoms with Gasteiger partial charge in [-0.05, 0) is 65.7 Å². The number of carbonyl (C=O) groups is 4. The van der Waals surface area contributed by atoms with Gasteiger partial charge in [0.05, 0.1) is 16.3 Å². The van der Waals surface area contributed by atoms with E-state index in [0.29, 0.717) is 16.3 Å². The number of barbiturate groups is 1. The van der Waals surface area contributed by atoms with Gasteiger partial charge in [-0.3, -0.25) is 14.9 Å². The van der Waals surface area contributed by atoms with Crippen LogP contribution >= 0.6 is 23.2 Å². The van der Waals surface area contributed by atoms with Crippen LogP contribution < -0.4 is 15.0 Å². The molecule has 3 aromatic rings. The summed E-state index contributed by atoms with van der Waals surface area (Å²) in [6.07, 6.45) is 1.30. The molecule has 176 valence electrons. The van der Waals surface area contributed by atoms with Crippen LogP contribution in [-0.2, 0) is 16.2 Å². The Kier molecular flexibility index (Phi) is 6.86. The van der Waals surface area contributed by atoms with Crippen molar-refractivity contribution in [2.45, 2.75) is 6.61 Å². The molecule has 0 aromatic heterocycles. The van der Waals surface area contributed by atoms with E-state index in [1.165, 1.54) is 36.4 Å². The number of halogens is 2. The SMILES string of the molecule is O=C1NC(=O)N(c2ccc(C(=O)O)cc2)C(=O)/C1=C/c1ccc(OCc2ccc(Cl)cc2)c(Cl)c1. The number of aromatic carboxylic acids is 1. The van der Waals surface area contributed by atoms with Gasteiger partial charge in [0.25, 0.3) is 11.8 Å². The molecule has 0 aliphatic carbocycles. The summed E-state index contributed by atoms with van der Waals surface area (Å²) >= 11 is 12.2. The molecule has 8 nitrogen and oxygen atoms in total. The van der Waals surface area contributed by atoms with Gasteiger partial charge in [-0.15, -0.1) is 0 Å². The van der Waals surface area contributed by atoms with Gasteiger partial charge in [-0.2, -0.15) is 0 Å². The van der Waals surface area contributed by atoms with Crippen LogP contribution in [0.1, 0.15) is 21.5 Å². The summed E-state index contributed by atoms with van der Waals surface area (Å²) in [5.41, 5.74) is 1.13. The maximum Gasteiger partial charge on any atom is 0.335 e. The van der Waals surface area contributed by atoms with Crippen molar-refractivity contribution < 1.29 is 29.0 Å². The molecule has 2 N–H and O–H groups in total. The molecular weight excluding hydrogens is 495 g/mol. The summed E-state index contributed by atoms with van der Waals surface area (Å²) in [6, 6.07) is 16.0. The fraction of sp³-hybridized carbons (Fsp3) is 0.0400. The molecule has 0 spiro atoms. The van der Waals surface area contributed by atoms with Crippen LogP contribution in [0.4, 0.5) is 10.5 Å². The Bertz CT molecular complexity index is 1370. The van der Waals surface area contributed by atoms with Crippen molar-refractivity contribution >= 4 is 58.8 Å². The highest BCUT2D eigenvalue weighted by molar-refractivity contribution is 6.39. The van der Waals surface area contributed by atoms with E-state index in [2.05, 4.69) is 5.32 Å². The molecule has 1 saturated heterocycles. The van der Waals surface area contributed by atoms with E-state index in [9.17, 15) is 19.2 Å². The third kappa shape index (κ3) is 5.34. The Hall–Kier alpha value is -4.14. The van der Waals surface area contributed by atoms with Crippen molar-refractivity contribution in [2.24, 2.45) is 0 Å². The number of nitrogens with zero attached hydrogens (tertiary/aromatic N) is 1. The molecule has 10 heteroatoms. The van der Waals surface area contributed by atoms with Crippen LogP contribution in [0.5, 0.6) is 5.75 Å². The molecular formula is C25H16Cl2N2O6. The van der Waals surface area contributed by atoms with E-state index in [4.69, 9.17) is 33.0 Å². The second kappa shape index (κ2) is 10.0. The van der Waals surface area contributed by atoms with Gasteiger partial charge in [0, 0.05) is 5.02 Å². The van der Waals surface area contributed by atoms with Crippen molar-refractivity contribution in [1.82, 2.24) is 5.32 Å². The van der Waals surface area contributed by atoms with Crippen molar-refractivity contribution in [3.63, 3.8) is 0 Å². The number of amides is 4. The van der Waals surface area contributed by atoms with Crippen LogP contribution in [0.2, 0.25) is 10.0 Å². The minimum Gasteiger partial charge on any atom is -0.487 e. The second-order valence-electron chi connectivity index (χ2n) is 7.41. The third-order valence-corrected chi connectivity index (χ3v) is 5.60. The number of ether oxygens (including phenoxy) is 1. The summed E-state index contributed by atoms with van der Waals surface area (Å²) in [5.74, 6) is -2.48. The quantitative estimate of drug-likeness (QED) is 0.358. The zero-order valence-electron chi connectivity index (χ0n) is 17.8. The number of urea groups is 1. The van der Waals surface area contributed by atoms with Crippen LogP contribution in [0.15, 0.2) is 72.3 Å². The standard InChI is InChI=1S/C25H16Cl2N2O6/c26-17-6-1-14(2-7-17)13-35-21-10-3-15(12-20(21)27)11-19-22(30)28-25(34)29(23(19)31)18-8-4-16(5-9-18)24(32)33/h1-12H,13H2,(H,32,33)(H,28,30,34)/b19-11+. The van der Waals surface area contributed by atoms with E-state index in [1.54, 1.807) is 24.3 Å². The number of nitrogens with one attached hydrogen (secondary N) is 1. The highest BCUT2D eigenvalue weighted by Crippen LogP contribution is 2.28. The lowest BCUT2D eigenvalue weighted by atomic mass is 10.1. The minimum absolute atomic E-state index is 0.0153. The Balaban J connectivity index is 1.55. The summed E-state index contributed by atoms with van der Waals surface area (Å²) in [6.45, 7) is 0.260. The third-order valence-electron chi connectivity index (χ3n) is 5.05. The molecule has 0 radical (unpaired) electrons. The van der Waals surface area contributed by atoms with Crippen molar-refractivity contribution in [3.05, 3.63) is 99.0 Å². The van der Waals surface area contributed by atoms with Gasteiger partial charge in [-0.25, -0.2) is 14.5 Å². The summed E-state index contributed by atoms with van der Waals surface area (Å²) in [5, 5.41) is 12.0. The number of hydrogen-bond acceptors (Lipinski definition) is 5. The first kappa shape index (κ1) is 24.0. The number of imide groups is 2. The Morgan fingerprint density at radius 3 is 2.29 bits per heavy atom. The van der Waals surface area contributed by atoms with Gasteiger partial charge < -0.3 is 9.84 Å². The van der Waals surface area contributed by atoms with E-state index >= 15 is 0 Å². The van der Waals surface area contributed by atoms with E-state index in [1.807, 2.05) is 12.1 Å². The van der Waals surface area contributed by atoms with Crippen LogP contribution in [0.25, 0.3) is 6.08 Å². The number of carboxylic acid groups (broad SMARTS) is 1. The molecule has 3 aromatic carbocycles. The van der Waals surface area contributed by atoms with Crippen LogP contribution in [0.3, 0.4) is 0 Å². The Morgan fingerprint density at radius 2 is 1.66 bits per heavy atom. The summed E-state index contributed by atoms with van der Waals surface area (Å²) < 4.78 is 5.73. The maximum atomic E-state index is 13.0. The topological polar surface area (TPSA) is 113 Å². The number of carbonyl (C=O) groups excluding carboxylic acids is 3. The second-order valence-corrected chi connectivity index (χ2v) is 8.26. The first-order chi connectivity index (χ1) is 16.7. The number of anilines is 1. The van der Waals surface area contributed by atoms with Gasteiger partial charge in [0.2, 0.25) is 0 Å². The number of carboxylic acids is 1. The maximum absolute atomic E-state index is 13.0. The molecule has 0 bridgehead atoms. The Labute approximate surface area is 209 Å². The average molecular weight is 511 g/mol. The molecule has 35 heavy (non-hydrogen) atoms. The average Bonchev–Trinajstić information content (AvgIpc) is 2.82. The van der Waals surface area contributed by atoms with E-state index in [0.717, 1.165) is 10.5 Å². The zero-order valence-corrected chi connectivity index (χ0v) is 19.3. The molecule has 1 aliphatic heterocycles. The normalized spacial score (nSPS) is 14.7. The molecule has 4 rings (SSSR count). The smallest absolute Gasteiger partial charge is 0.335 e. The van der Waals surface area contributed by atoms with Crippen LogP contribution in [-0.4, -0.2) is 28.9 Å². The first-order valence-corrected chi connectivity index (χ1v) is 10.9. The van der Waals surface area contributed by atoms with Crippen molar-refractivity contribution in [2.75, 3.05) is 4.90 Å². The highest BCUT2D eigenvalue weighted by atomic mass is 35.5. The summed E-state index contributed by atoms with van der Waals surface area (Å²) in [4.78, 5) is 49.5. The van der Waals surface area contributed by atoms with Crippen molar-refractivity contribution in [1.29, 1.82) is 0 Å². The predicted octanol–water partition coefficient (Wildman–Crippen LogP) is 4.94. The zero-order chi connectivity index (χ0) is 25.1. The minimum atomic E-state index is -1.15. The van der Waals surface area contributed by atoms with E-state index in [-0.39, 0.29) is 28.5 Å². The fourth-order valence-corrected chi connectivity index (χ4v) is 3.65. The largest absolute Gasteiger partial charge is 0.487 e. The Morgan fingerprint density at radius 1 is 0.971 bits per heavy atom. The molecule has 0 saturated carbocycles. The predicted molar refractivity (Wildman–Crippen MR) is 130 cm³/mol. The number of rotatable bonds is 6. The number of hydrogen-bond donors (Lipinski definition) is 2. The van der Waals surface area contributed by atoms with Gasteiger partial charge in [-0.1, -0.05) is 41.4 Å². The molecule has 1 fully saturated rings.